The van der Waals surface area contributed by atoms with E-state index in [1.54, 1.807) is 18.2 Å². The van der Waals surface area contributed by atoms with Crippen molar-refractivity contribution in [2.75, 3.05) is 10.0 Å². The van der Waals surface area contributed by atoms with Gasteiger partial charge in [0.25, 0.3) is 10.2 Å². The second-order valence-corrected chi connectivity index (χ2v) is 6.82. The number of rotatable bonds is 5. The molecule has 6 nitrogen and oxygen atoms in total. The first-order valence-corrected chi connectivity index (χ1v) is 8.81. The van der Waals surface area contributed by atoms with Crippen molar-refractivity contribution in [3.05, 3.63) is 64.6 Å². The molecule has 0 saturated heterocycles. The third-order valence-corrected chi connectivity index (χ3v) is 3.68. The number of carbonyl (C=O) groups is 1. The maximum Gasteiger partial charge on any atom is 0.296 e. The number of hydrogen-bond donors (Lipinski definition) is 3. The van der Waals surface area contributed by atoms with Crippen LogP contribution in [0.25, 0.3) is 6.08 Å². The number of benzene rings is 2. The molecule has 8 heteroatoms. The molecule has 1 amide bonds. The largest absolute Gasteiger partial charge is 0.322 e. The highest BCUT2D eigenvalue weighted by molar-refractivity contribution is 9.10. The lowest BCUT2D eigenvalue weighted by Gasteiger charge is -2.06. The van der Waals surface area contributed by atoms with Crippen molar-refractivity contribution in [1.82, 2.24) is 0 Å². The van der Waals surface area contributed by atoms with Crippen LogP contribution in [0.5, 0.6) is 0 Å². The van der Waals surface area contributed by atoms with Crippen LogP contribution in [0.15, 0.2) is 59.1 Å². The molecule has 2 aromatic rings. The van der Waals surface area contributed by atoms with E-state index < -0.39 is 10.2 Å². The molecule has 4 N–H and O–H groups in total. The summed E-state index contributed by atoms with van der Waals surface area (Å²) in [7, 11) is -3.85. The number of hydrogen-bond acceptors (Lipinski definition) is 3. The molecule has 0 heterocycles. The summed E-state index contributed by atoms with van der Waals surface area (Å²) in [6, 6.07) is 13.7. The van der Waals surface area contributed by atoms with Crippen LogP contribution < -0.4 is 15.2 Å². The first kappa shape index (κ1) is 17.2. The predicted molar refractivity (Wildman–Crippen MR) is 95.0 cm³/mol. The Morgan fingerprint density at radius 2 is 1.78 bits per heavy atom. The minimum atomic E-state index is -3.85. The molecule has 23 heavy (non-hydrogen) atoms. The molecule has 0 atom stereocenters. The summed E-state index contributed by atoms with van der Waals surface area (Å²) in [6.07, 6.45) is 3.06. The fourth-order valence-corrected chi connectivity index (χ4v) is 2.66. The van der Waals surface area contributed by atoms with E-state index in [0.717, 1.165) is 10.0 Å². The summed E-state index contributed by atoms with van der Waals surface area (Å²) in [5.74, 6) is -0.335. The van der Waals surface area contributed by atoms with E-state index >= 15 is 0 Å². The Hall–Kier alpha value is -2.16. The van der Waals surface area contributed by atoms with Gasteiger partial charge in [-0.1, -0.05) is 34.1 Å². The van der Waals surface area contributed by atoms with Gasteiger partial charge in [0, 0.05) is 16.2 Å². The van der Waals surface area contributed by atoms with Crippen LogP contribution in [0, 0.1) is 0 Å². The van der Waals surface area contributed by atoms with Gasteiger partial charge in [0.15, 0.2) is 0 Å². The monoisotopic (exact) mass is 395 g/mol. The Labute approximate surface area is 142 Å². The van der Waals surface area contributed by atoms with Crippen molar-refractivity contribution in [2.24, 2.45) is 5.14 Å². The lowest BCUT2D eigenvalue weighted by molar-refractivity contribution is -0.111. The standard InChI is InChI=1S/C15H14BrN3O3S/c16-12-4-1-3-11(9-12)7-8-15(20)18-13-5-2-6-14(10-13)19-23(17,21)22/h1-10,19H,(H,18,20)(H2,17,21,22)/b8-7+. The summed E-state index contributed by atoms with van der Waals surface area (Å²) < 4.78 is 25.0. The fraction of sp³-hybridized carbons (Fsp3) is 0. The van der Waals surface area contributed by atoms with Gasteiger partial charge in [-0.15, -0.1) is 0 Å². The quantitative estimate of drug-likeness (QED) is 0.678. The van der Waals surface area contributed by atoms with Gasteiger partial charge >= 0.3 is 0 Å². The van der Waals surface area contributed by atoms with Gasteiger partial charge in [-0.25, -0.2) is 5.14 Å². The van der Waals surface area contributed by atoms with Crippen LogP contribution in [0.2, 0.25) is 0 Å². The smallest absolute Gasteiger partial charge is 0.296 e. The van der Waals surface area contributed by atoms with Gasteiger partial charge in [-0.3, -0.25) is 9.52 Å². The second-order valence-electron chi connectivity index (χ2n) is 4.61. The van der Waals surface area contributed by atoms with Gasteiger partial charge in [-0.05, 0) is 42.0 Å². The van der Waals surface area contributed by atoms with Gasteiger partial charge < -0.3 is 5.32 Å². The average molecular weight is 396 g/mol. The lowest BCUT2D eigenvalue weighted by Crippen LogP contribution is -2.21. The molecule has 0 saturated carbocycles. The van der Waals surface area contributed by atoms with Gasteiger partial charge in [0.05, 0.1) is 5.69 Å². The van der Waals surface area contributed by atoms with Crippen LogP contribution in [-0.4, -0.2) is 14.3 Å². The molecule has 0 aromatic heterocycles. The number of amides is 1. The third kappa shape index (κ3) is 6.23. The van der Waals surface area contributed by atoms with Crippen LogP contribution in [0.1, 0.15) is 5.56 Å². The third-order valence-electron chi connectivity index (χ3n) is 2.67. The topological polar surface area (TPSA) is 101 Å². The molecule has 2 aromatic carbocycles. The van der Waals surface area contributed by atoms with Crippen LogP contribution >= 0.6 is 15.9 Å². The number of nitrogens with one attached hydrogen (secondary N) is 2. The zero-order valence-electron chi connectivity index (χ0n) is 11.9. The zero-order valence-corrected chi connectivity index (χ0v) is 14.3. The Morgan fingerprint density at radius 1 is 1.09 bits per heavy atom. The Bertz CT molecular complexity index is 851. The molecule has 0 fully saturated rings. The molecule has 0 aliphatic rings. The van der Waals surface area contributed by atoms with Crippen molar-refractivity contribution in [2.45, 2.75) is 0 Å². The SMILES string of the molecule is NS(=O)(=O)Nc1cccc(NC(=O)/C=C/c2cccc(Br)c2)c1. The Kier molecular flexibility index (Phi) is 5.54. The van der Waals surface area contributed by atoms with E-state index in [4.69, 9.17) is 5.14 Å². The van der Waals surface area contributed by atoms with Crippen molar-refractivity contribution >= 4 is 49.5 Å². The Balaban J connectivity index is 2.04. The van der Waals surface area contributed by atoms with Crippen molar-refractivity contribution in [3.8, 4) is 0 Å². The molecule has 0 bridgehead atoms. The first-order valence-electron chi connectivity index (χ1n) is 6.47. The predicted octanol–water partition coefficient (Wildman–Crippen LogP) is 2.72. The first-order chi connectivity index (χ1) is 10.8. The van der Waals surface area contributed by atoms with Crippen LogP contribution in [0.4, 0.5) is 11.4 Å². The highest BCUT2D eigenvalue weighted by Gasteiger charge is 2.04. The summed E-state index contributed by atoms with van der Waals surface area (Å²) in [5, 5.41) is 7.54. The molecule has 0 unspecified atom stereocenters. The number of carbonyl (C=O) groups excluding carboxylic acids is 1. The summed E-state index contributed by atoms with van der Waals surface area (Å²) in [5.41, 5.74) is 1.59. The molecule has 0 aliphatic carbocycles. The number of halogens is 1. The Morgan fingerprint density at radius 3 is 2.48 bits per heavy atom. The normalized spacial score (nSPS) is 11.4. The van der Waals surface area contributed by atoms with Crippen molar-refractivity contribution in [1.29, 1.82) is 0 Å². The molecular formula is C15H14BrN3O3S. The van der Waals surface area contributed by atoms with E-state index in [2.05, 4.69) is 26.0 Å². The fourth-order valence-electron chi connectivity index (χ4n) is 1.79. The molecule has 0 spiro atoms. The van der Waals surface area contributed by atoms with E-state index in [0.29, 0.717) is 5.69 Å². The highest BCUT2D eigenvalue weighted by atomic mass is 79.9. The molecule has 0 radical (unpaired) electrons. The van der Waals surface area contributed by atoms with Crippen molar-refractivity contribution < 1.29 is 13.2 Å². The van der Waals surface area contributed by atoms with Crippen molar-refractivity contribution in [3.63, 3.8) is 0 Å². The van der Waals surface area contributed by atoms with Gasteiger partial charge in [0.1, 0.15) is 0 Å². The lowest BCUT2D eigenvalue weighted by atomic mass is 10.2. The van der Waals surface area contributed by atoms with Gasteiger partial charge in [0.2, 0.25) is 5.91 Å². The summed E-state index contributed by atoms with van der Waals surface area (Å²) >= 11 is 3.35. The maximum absolute atomic E-state index is 11.9. The van der Waals surface area contributed by atoms with E-state index in [1.807, 2.05) is 24.3 Å². The maximum atomic E-state index is 11.9. The minimum absolute atomic E-state index is 0.265. The van der Waals surface area contributed by atoms with Crippen LogP contribution in [-0.2, 0) is 15.0 Å². The number of nitrogens with two attached hydrogens (primary N) is 1. The summed E-state index contributed by atoms with van der Waals surface area (Å²) in [6.45, 7) is 0. The molecule has 0 aliphatic heterocycles. The zero-order chi connectivity index (χ0) is 16.9. The van der Waals surface area contributed by atoms with E-state index in [9.17, 15) is 13.2 Å². The van der Waals surface area contributed by atoms with Gasteiger partial charge in [-0.2, -0.15) is 8.42 Å². The molecular weight excluding hydrogens is 382 g/mol. The summed E-state index contributed by atoms with van der Waals surface area (Å²) in [4.78, 5) is 11.9. The number of anilines is 2. The van der Waals surface area contributed by atoms with Crippen LogP contribution in [0.3, 0.4) is 0 Å². The molecule has 2 rings (SSSR count). The second kappa shape index (κ2) is 7.40. The average Bonchev–Trinajstić information content (AvgIpc) is 2.44. The highest BCUT2D eigenvalue weighted by Crippen LogP contribution is 2.16. The van der Waals surface area contributed by atoms with E-state index in [-0.39, 0.29) is 11.6 Å². The minimum Gasteiger partial charge on any atom is -0.322 e. The molecule has 120 valence electrons. The van der Waals surface area contributed by atoms with E-state index in [1.165, 1.54) is 18.2 Å².